The molecule has 1 heterocycles. The van der Waals surface area contributed by atoms with E-state index in [4.69, 9.17) is 9.26 Å². The van der Waals surface area contributed by atoms with Crippen molar-refractivity contribution < 1.29 is 14.1 Å². The summed E-state index contributed by atoms with van der Waals surface area (Å²) in [6, 6.07) is 0. The smallest absolute Gasteiger partial charge is 0.315 e. The van der Waals surface area contributed by atoms with Crippen LogP contribution < -0.4 is 0 Å². The maximum Gasteiger partial charge on any atom is 0.315 e. The zero-order valence-electron chi connectivity index (χ0n) is 8.95. The van der Waals surface area contributed by atoms with Gasteiger partial charge in [0.2, 0.25) is 5.89 Å². The monoisotopic (exact) mass is 210 g/mol. The molecule has 1 aliphatic carbocycles. The van der Waals surface area contributed by atoms with Crippen molar-refractivity contribution in [2.45, 2.75) is 38.5 Å². The van der Waals surface area contributed by atoms with Crippen molar-refractivity contribution in [3.63, 3.8) is 0 Å². The Labute approximate surface area is 87.8 Å². The number of hydrogen-bond donors (Lipinski definition) is 0. The van der Waals surface area contributed by atoms with Crippen LogP contribution in [0.4, 0.5) is 0 Å². The van der Waals surface area contributed by atoms with Gasteiger partial charge in [0.05, 0.1) is 6.61 Å². The molecule has 1 saturated carbocycles. The molecule has 0 bridgehead atoms. The first-order valence-electron chi connectivity index (χ1n) is 5.13. The highest BCUT2D eigenvalue weighted by Gasteiger charge is 2.43. The second-order valence-corrected chi connectivity index (χ2v) is 4.05. The third-order valence-electron chi connectivity index (χ3n) is 2.61. The lowest BCUT2D eigenvalue weighted by molar-refractivity contribution is -0.142. The van der Waals surface area contributed by atoms with Gasteiger partial charge < -0.3 is 9.26 Å². The van der Waals surface area contributed by atoms with E-state index >= 15 is 0 Å². The van der Waals surface area contributed by atoms with Crippen LogP contribution in [0.2, 0.25) is 0 Å². The first kappa shape index (κ1) is 10.1. The molecule has 0 amide bonds. The maximum atomic E-state index is 11.1. The molecule has 0 unspecified atom stereocenters. The predicted molar refractivity (Wildman–Crippen MR) is 51.2 cm³/mol. The van der Waals surface area contributed by atoms with Crippen molar-refractivity contribution in [3.8, 4) is 0 Å². The summed E-state index contributed by atoms with van der Waals surface area (Å²) < 4.78 is 9.78. The fraction of sp³-hybridized carbons (Fsp3) is 0.700. The Morgan fingerprint density at radius 1 is 1.60 bits per heavy atom. The van der Waals surface area contributed by atoms with E-state index in [0.717, 1.165) is 12.8 Å². The van der Waals surface area contributed by atoms with E-state index in [1.807, 2.05) is 0 Å². The van der Waals surface area contributed by atoms with Gasteiger partial charge in [-0.3, -0.25) is 4.79 Å². The van der Waals surface area contributed by atoms with Crippen LogP contribution in [-0.4, -0.2) is 22.7 Å². The van der Waals surface area contributed by atoms with E-state index in [9.17, 15) is 4.79 Å². The van der Waals surface area contributed by atoms with Crippen LogP contribution >= 0.6 is 0 Å². The Kier molecular flexibility index (Phi) is 2.46. The van der Waals surface area contributed by atoms with Gasteiger partial charge in [-0.05, 0) is 19.8 Å². The average molecular weight is 210 g/mol. The molecule has 0 aromatic carbocycles. The molecule has 0 saturated heterocycles. The predicted octanol–water partition coefficient (Wildman–Crippen LogP) is 1.23. The third-order valence-corrected chi connectivity index (χ3v) is 2.61. The molecular weight excluding hydrogens is 196 g/mol. The zero-order chi connectivity index (χ0) is 10.9. The summed E-state index contributed by atoms with van der Waals surface area (Å²) in [5.74, 6) is 0.729. The van der Waals surface area contributed by atoms with Crippen LogP contribution in [0.5, 0.6) is 0 Å². The summed E-state index contributed by atoms with van der Waals surface area (Å²) in [4.78, 5) is 15.3. The lowest BCUT2D eigenvalue weighted by Gasteiger charge is -1.98. The van der Waals surface area contributed by atoms with Gasteiger partial charge in [-0.15, -0.1) is 0 Å². The lowest BCUT2D eigenvalue weighted by Crippen LogP contribution is -2.08. The number of carbonyl (C=O) groups excluding carboxylic acids is 1. The van der Waals surface area contributed by atoms with Gasteiger partial charge in [0.1, 0.15) is 6.42 Å². The van der Waals surface area contributed by atoms with Crippen LogP contribution in [0.1, 0.15) is 38.4 Å². The summed E-state index contributed by atoms with van der Waals surface area (Å²) in [6.45, 7) is 4.23. The Morgan fingerprint density at radius 3 is 2.93 bits per heavy atom. The van der Waals surface area contributed by atoms with Gasteiger partial charge in [-0.1, -0.05) is 12.1 Å². The Hall–Kier alpha value is -1.39. The van der Waals surface area contributed by atoms with Crippen LogP contribution in [0.15, 0.2) is 4.52 Å². The van der Waals surface area contributed by atoms with E-state index in [-0.39, 0.29) is 17.8 Å². The van der Waals surface area contributed by atoms with Crippen molar-refractivity contribution in [2.75, 3.05) is 6.61 Å². The number of carbonyl (C=O) groups is 1. The molecule has 0 aliphatic heterocycles. The van der Waals surface area contributed by atoms with Gasteiger partial charge in [-0.2, -0.15) is 4.98 Å². The molecule has 1 aromatic rings. The first-order valence-corrected chi connectivity index (χ1v) is 5.13. The SMILES string of the molecule is CCOC(=O)Cc1nc(C2(C)CC2)no1. The standard InChI is InChI=1S/C10H14N2O3/c1-3-14-8(13)6-7-11-9(12-15-7)10(2)4-5-10/h3-6H2,1-2H3. The van der Waals surface area contributed by atoms with Crippen molar-refractivity contribution in [3.05, 3.63) is 11.7 Å². The molecule has 2 rings (SSSR count). The molecule has 82 valence electrons. The third kappa shape index (κ3) is 2.16. The van der Waals surface area contributed by atoms with E-state index in [1.54, 1.807) is 6.92 Å². The minimum absolute atomic E-state index is 0.0664. The summed E-state index contributed by atoms with van der Waals surface area (Å²) in [7, 11) is 0. The summed E-state index contributed by atoms with van der Waals surface area (Å²) in [5, 5.41) is 3.87. The van der Waals surface area contributed by atoms with Crippen LogP contribution in [0.25, 0.3) is 0 Å². The average Bonchev–Trinajstić information content (AvgIpc) is 2.77. The second kappa shape index (κ2) is 3.64. The summed E-state index contributed by atoms with van der Waals surface area (Å²) >= 11 is 0. The minimum Gasteiger partial charge on any atom is -0.466 e. The molecule has 15 heavy (non-hydrogen) atoms. The fourth-order valence-electron chi connectivity index (χ4n) is 1.32. The topological polar surface area (TPSA) is 65.2 Å². The van der Waals surface area contributed by atoms with Crippen LogP contribution in [0, 0.1) is 0 Å². The molecule has 0 atom stereocenters. The molecular formula is C10H14N2O3. The van der Waals surface area contributed by atoms with Crippen molar-refractivity contribution >= 4 is 5.97 Å². The maximum absolute atomic E-state index is 11.1. The zero-order valence-corrected chi connectivity index (χ0v) is 8.95. The Balaban J connectivity index is 1.98. The number of ether oxygens (including phenoxy) is 1. The fourth-order valence-corrected chi connectivity index (χ4v) is 1.32. The van der Waals surface area contributed by atoms with Crippen molar-refractivity contribution in [1.82, 2.24) is 10.1 Å². The van der Waals surface area contributed by atoms with Crippen LogP contribution in [-0.2, 0) is 21.4 Å². The van der Waals surface area contributed by atoms with Gasteiger partial charge in [0, 0.05) is 5.41 Å². The highest BCUT2D eigenvalue weighted by Crippen LogP contribution is 2.45. The highest BCUT2D eigenvalue weighted by molar-refractivity contribution is 5.71. The molecule has 1 fully saturated rings. The molecule has 1 aliphatic rings. The number of rotatable bonds is 4. The molecule has 5 nitrogen and oxygen atoms in total. The van der Waals surface area contributed by atoms with Gasteiger partial charge in [0.15, 0.2) is 5.82 Å². The van der Waals surface area contributed by atoms with Crippen LogP contribution in [0.3, 0.4) is 0 Å². The van der Waals surface area contributed by atoms with Gasteiger partial charge in [-0.25, -0.2) is 0 Å². The first-order chi connectivity index (χ1) is 7.14. The largest absolute Gasteiger partial charge is 0.466 e. The lowest BCUT2D eigenvalue weighted by atomic mass is 10.1. The summed E-state index contributed by atoms with van der Waals surface area (Å²) in [5.41, 5.74) is 0.0798. The van der Waals surface area contributed by atoms with Gasteiger partial charge >= 0.3 is 5.97 Å². The molecule has 0 radical (unpaired) electrons. The Morgan fingerprint density at radius 2 is 2.33 bits per heavy atom. The van der Waals surface area contributed by atoms with E-state index in [0.29, 0.717) is 18.3 Å². The summed E-state index contributed by atoms with van der Waals surface area (Å²) in [6.07, 6.45) is 2.24. The minimum atomic E-state index is -0.325. The molecule has 1 aromatic heterocycles. The van der Waals surface area contributed by atoms with Crippen molar-refractivity contribution in [2.24, 2.45) is 0 Å². The molecule has 0 spiro atoms. The number of nitrogens with zero attached hydrogens (tertiary/aromatic N) is 2. The van der Waals surface area contributed by atoms with E-state index in [2.05, 4.69) is 17.1 Å². The van der Waals surface area contributed by atoms with E-state index in [1.165, 1.54) is 0 Å². The Bertz CT molecular complexity index is 368. The normalized spacial score (nSPS) is 17.5. The number of esters is 1. The van der Waals surface area contributed by atoms with E-state index < -0.39 is 0 Å². The number of aromatic nitrogens is 2. The second-order valence-electron chi connectivity index (χ2n) is 4.05. The van der Waals surface area contributed by atoms with Gasteiger partial charge in [0.25, 0.3) is 0 Å². The highest BCUT2D eigenvalue weighted by atomic mass is 16.5. The quantitative estimate of drug-likeness (QED) is 0.699. The molecule has 5 heteroatoms. The number of hydrogen-bond acceptors (Lipinski definition) is 5. The molecule has 0 N–H and O–H groups in total. The van der Waals surface area contributed by atoms with Crippen molar-refractivity contribution in [1.29, 1.82) is 0 Å².